The van der Waals surface area contributed by atoms with Crippen molar-refractivity contribution in [1.82, 2.24) is 10.3 Å². The van der Waals surface area contributed by atoms with Crippen LogP contribution in [0, 0.1) is 5.92 Å². The van der Waals surface area contributed by atoms with Crippen LogP contribution >= 0.6 is 11.3 Å². The lowest BCUT2D eigenvalue weighted by Gasteiger charge is -2.04. The number of hydrogen-bond acceptors (Lipinski definition) is 5. The summed E-state index contributed by atoms with van der Waals surface area (Å²) in [5, 5.41) is 4.00. The Morgan fingerprint density at radius 1 is 1.47 bits per heavy atom. The second kappa shape index (κ2) is 6.47. The summed E-state index contributed by atoms with van der Waals surface area (Å²) in [4.78, 5) is 5.24. The lowest BCUT2D eigenvalue weighted by Crippen LogP contribution is -2.18. The van der Waals surface area contributed by atoms with E-state index in [4.69, 9.17) is 0 Å². The molecule has 98 valence electrons. The molecule has 0 aliphatic heterocycles. The first-order valence-electron chi connectivity index (χ1n) is 5.77. The smallest absolute Gasteiger partial charge is 0.156 e. The molecule has 6 heteroatoms. The maximum absolute atomic E-state index is 11.4. The average Bonchev–Trinajstić information content (AvgIpc) is 2.64. The summed E-state index contributed by atoms with van der Waals surface area (Å²) in [6.07, 6.45) is 1.76. The number of hydrogen-bond donors (Lipinski definition) is 1. The molecule has 0 spiro atoms. The zero-order valence-corrected chi connectivity index (χ0v) is 12.2. The lowest BCUT2D eigenvalue weighted by molar-refractivity contribution is 0.554. The van der Waals surface area contributed by atoms with Gasteiger partial charge >= 0.3 is 0 Å². The lowest BCUT2D eigenvalue weighted by atomic mass is 10.2. The molecule has 1 N–H and O–H groups in total. The van der Waals surface area contributed by atoms with Gasteiger partial charge in [0.25, 0.3) is 0 Å². The van der Waals surface area contributed by atoms with Gasteiger partial charge in [0.05, 0.1) is 0 Å². The Hall–Kier alpha value is -0.460. The van der Waals surface area contributed by atoms with Gasteiger partial charge in [0.1, 0.15) is 10.8 Å². The highest BCUT2D eigenvalue weighted by molar-refractivity contribution is 7.90. The first-order valence-corrected chi connectivity index (χ1v) is 8.41. The van der Waals surface area contributed by atoms with Gasteiger partial charge in [0.15, 0.2) is 9.84 Å². The summed E-state index contributed by atoms with van der Waals surface area (Å²) < 4.78 is 22.9. The molecule has 0 aliphatic rings. The van der Waals surface area contributed by atoms with Crippen molar-refractivity contribution in [2.24, 2.45) is 5.92 Å². The van der Waals surface area contributed by atoms with Crippen LogP contribution in [0.4, 0.5) is 0 Å². The van der Waals surface area contributed by atoms with Gasteiger partial charge < -0.3 is 5.32 Å². The molecule has 0 atom stereocenters. The summed E-state index contributed by atoms with van der Waals surface area (Å²) in [7, 11) is -2.97. The first kappa shape index (κ1) is 14.6. The van der Waals surface area contributed by atoms with Crippen molar-refractivity contribution >= 4 is 21.2 Å². The topological polar surface area (TPSA) is 59.1 Å². The van der Waals surface area contributed by atoms with Crippen molar-refractivity contribution in [1.29, 1.82) is 0 Å². The Kier molecular flexibility index (Phi) is 5.55. The number of nitrogens with zero attached hydrogens (tertiary/aromatic N) is 1. The first-order chi connectivity index (χ1) is 7.93. The number of aromatic nitrogens is 1. The van der Waals surface area contributed by atoms with Crippen molar-refractivity contribution in [3.63, 3.8) is 0 Å². The predicted octanol–water partition coefficient (Wildman–Crippen LogP) is 1.82. The largest absolute Gasteiger partial charge is 0.312 e. The quantitative estimate of drug-likeness (QED) is 0.825. The van der Waals surface area contributed by atoms with Gasteiger partial charge in [-0.15, -0.1) is 11.3 Å². The molecule has 0 radical (unpaired) electrons. The van der Waals surface area contributed by atoms with Gasteiger partial charge in [-0.2, -0.15) is 0 Å². The molecule has 17 heavy (non-hydrogen) atoms. The second-order valence-corrected chi connectivity index (χ2v) is 7.97. The minimum atomic E-state index is -2.97. The number of rotatable bonds is 7. The maximum atomic E-state index is 11.4. The van der Waals surface area contributed by atoms with E-state index in [2.05, 4.69) is 24.1 Å². The Bertz CT molecular complexity index is 438. The second-order valence-electron chi connectivity index (χ2n) is 4.42. The fourth-order valence-electron chi connectivity index (χ4n) is 1.27. The molecular formula is C11H20N2O2S2. The molecule has 0 aliphatic carbocycles. The minimum Gasteiger partial charge on any atom is -0.312 e. The molecule has 1 heterocycles. The average molecular weight is 276 g/mol. The van der Waals surface area contributed by atoms with E-state index in [-0.39, 0.29) is 11.5 Å². The molecule has 4 nitrogen and oxygen atoms in total. The van der Waals surface area contributed by atoms with Crippen LogP contribution in [-0.2, 0) is 22.1 Å². The molecular weight excluding hydrogens is 256 g/mol. The van der Waals surface area contributed by atoms with Gasteiger partial charge in [0, 0.05) is 23.4 Å². The van der Waals surface area contributed by atoms with E-state index in [0.29, 0.717) is 10.9 Å². The van der Waals surface area contributed by atoms with Gasteiger partial charge in [-0.25, -0.2) is 13.4 Å². The number of sulfone groups is 1. The molecule has 0 bridgehead atoms. The molecule has 0 aromatic carbocycles. The molecule has 1 rings (SSSR count). The predicted molar refractivity (Wildman–Crippen MR) is 71.8 cm³/mol. The molecule has 0 saturated carbocycles. The van der Waals surface area contributed by atoms with Gasteiger partial charge in [0.2, 0.25) is 0 Å². The van der Waals surface area contributed by atoms with E-state index in [1.165, 1.54) is 11.3 Å². The van der Waals surface area contributed by atoms with Gasteiger partial charge in [-0.1, -0.05) is 20.8 Å². The van der Waals surface area contributed by atoms with Crippen molar-refractivity contribution in [2.75, 3.05) is 12.3 Å². The third kappa shape index (κ3) is 5.61. The van der Waals surface area contributed by atoms with Crippen LogP contribution in [0.5, 0.6) is 0 Å². The van der Waals surface area contributed by atoms with Crippen molar-refractivity contribution in [3.05, 3.63) is 16.1 Å². The van der Waals surface area contributed by atoms with Crippen LogP contribution in [0.15, 0.2) is 6.20 Å². The maximum Gasteiger partial charge on any atom is 0.156 e. The fraction of sp³-hybridized carbons (Fsp3) is 0.727. The Morgan fingerprint density at radius 2 is 2.18 bits per heavy atom. The van der Waals surface area contributed by atoms with Crippen LogP contribution in [0.1, 0.15) is 30.7 Å². The van der Waals surface area contributed by atoms with Crippen LogP contribution < -0.4 is 5.32 Å². The molecule has 0 unspecified atom stereocenters. The zero-order chi connectivity index (χ0) is 12.9. The standard InChI is InChI=1S/C11H20N2O2S2/c1-4-17(14,15)8-11-13-7-10(16-11)6-12-5-9(2)3/h7,9,12H,4-6,8H2,1-3H3. The summed E-state index contributed by atoms with van der Waals surface area (Å²) in [6.45, 7) is 7.69. The van der Waals surface area contributed by atoms with Crippen LogP contribution in [-0.4, -0.2) is 25.7 Å². The summed E-state index contributed by atoms with van der Waals surface area (Å²) in [5.74, 6) is 0.856. The third-order valence-corrected chi connectivity index (χ3v) is 5.01. The molecule has 0 saturated heterocycles. The molecule has 1 aromatic rings. The normalized spacial score (nSPS) is 12.2. The van der Waals surface area contributed by atoms with E-state index in [1.54, 1.807) is 13.1 Å². The summed E-state index contributed by atoms with van der Waals surface area (Å²) >= 11 is 1.47. The molecule has 0 fully saturated rings. The Labute approximate surface area is 107 Å². The van der Waals surface area contributed by atoms with E-state index in [1.807, 2.05) is 0 Å². The summed E-state index contributed by atoms with van der Waals surface area (Å²) in [5.41, 5.74) is 0. The van der Waals surface area contributed by atoms with E-state index < -0.39 is 9.84 Å². The number of nitrogens with one attached hydrogen (secondary N) is 1. The van der Waals surface area contributed by atoms with Gasteiger partial charge in [-0.3, -0.25) is 0 Å². The van der Waals surface area contributed by atoms with E-state index in [9.17, 15) is 8.42 Å². The highest BCUT2D eigenvalue weighted by atomic mass is 32.2. The van der Waals surface area contributed by atoms with E-state index >= 15 is 0 Å². The Morgan fingerprint density at radius 3 is 2.76 bits per heavy atom. The minimum absolute atomic E-state index is 0.0678. The van der Waals surface area contributed by atoms with Crippen LogP contribution in [0.3, 0.4) is 0 Å². The number of thiazole rings is 1. The third-order valence-electron chi connectivity index (χ3n) is 2.24. The monoisotopic (exact) mass is 276 g/mol. The highest BCUT2D eigenvalue weighted by Crippen LogP contribution is 2.15. The van der Waals surface area contributed by atoms with Crippen LogP contribution in [0.25, 0.3) is 0 Å². The SMILES string of the molecule is CCS(=O)(=O)Cc1ncc(CNCC(C)C)s1. The van der Waals surface area contributed by atoms with Crippen molar-refractivity contribution < 1.29 is 8.42 Å². The molecule has 1 aromatic heterocycles. The Balaban J connectivity index is 2.48. The summed E-state index contributed by atoms with van der Waals surface area (Å²) in [6, 6.07) is 0. The highest BCUT2D eigenvalue weighted by Gasteiger charge is 2.12. The van der Waals surface area contributed by atoms with Crippen LogP contribution in [0.2, 0.25) is 0 Å². The van der Waals surface area contributed by atoms with Gasteiger partial charge in [-0.05, 0) is 12.5 Å². The molecule has 0 amide bonds. The fourth-order valence-corrected chi connectivity index (χ4v) is 3.39. The zero-order valence-electron chi connectivity index (χ0n) is 10.6. The van der Waals surface area contributed by atoms with Crippen molar-refractivity contribution in [2.45, 2.75) is 33.1 Å². The van der Waals surface area contributed by atoms with E-state index in [0.717, 1.165) is 18.0 Å². The van der Waals surface area contributed by atoms with Crippen molar-refractivity contribution in [3.8, 4) is 0 Å².